The molecule has 0 amide bonds. The second-order valence-corrected chi connectivity index (χ2v) is 6.32. The van der Waals surface area contributed by atoms with Crippen LogP contribution in [0.15, 0.2) is 52.1 Å². The van der Waals surface area contributed by atoms with E-state index >= 15 is 0 Å². The highest BCUT2D eigenvalue weighted by Crippen LogP contribution is 2.14. The number of allylic oxidation sites excluding steroid dienone is 2. The Labute approximate surface area is 140 Å². The van der Waals surface area contributed by atoms with Crippen LogP contribution in [-0.4, -0.2) is 27.4 Å². The minimum absolute atomic E-state index is 0.196. The quantitative estimate of drug-likeness (QED) is 0.750. The van der Waals surface area contributed by atoms with Crippen molar-refractivity contribution in [2.75, 3.05) is 0 Å². The lowest BCUT2D eigenvalue weighted by Crippen LogP contribution is -2.12. The monoisotopic (exact) mass is 316 g/mol. The van der Waals surface area contributed by atoms with Gasteiger partial charge >= 0.3 is 0 Å². The van der Waals surface area contributed by atoms with Gasteiger partial charge in [0.15, 0.2) is 0 Å². The van der Waals surface area contributed by atoms with Crippen LogP contribution < -0.4 is 10.7 Å². The normalized spacial score (nSPS) is 27.1. The fourth-order valence-corrected chi connectivity index (χ4v) is 3.12. The number of nitrogens with zero attached hydrogens (tertiary/aromatic N) is 2. The molecule has 0 radical (unpaired) electrons. The minimum atomic E-state index is 0.196. The highest BCUT2D eigenvalue weighted by Gasteiger charge is 2.11. The number of nitrogens with one attached hydrogen (secondary N) is 2. The minimum Gasteiger partial charge on any atom is -0.359 e. The van der Waals surface area contributed by atoms with Crippen LogP contribution >= 0.6 is 0 Å². The lowest BCUT2D eigenvalue weighted by molar-refractivity contribution is 0.807. The first kappa shape index (κ1) is 14.7. The first-order valence-corrected chi connectivity index (χ1v) is 8.20. The Morgan fingerprint density at radius 2 is 1.79 bits per heavy atom. The topological polar surface area (TPSA) is 56.3 Å². The summed E-state index contributed by atoms with van der Waals surface area (Å²) in [7, 11) is 0. The van der Waals surface area contributed by atoms with E-state index in [2.05, 4.69) is 69.6 Å². The Morgan fingerprint density at radius 3 is 2.67 bits per heavy atom. The van der Waals surface area contributed by atoms with Crippen molar-refractivity contribution in [1.29, 1.82) is 0 Å². The van der Waals surface area contributed by atoms with E-state index in [1.807, 2.05) is 13.8 Å². The molecule has 4 nitrogen and oxygen atoms in total. The van der Waals surface area contributed by atoms with Crippen molar-refractivity contribution in [2.24, 2.45) is 9.98 Å². The second kappa shape index (κ2) is 5.96. The van der Waals surface area contributed by atoms with E-state index in [9.17, 15) is 0 Å². The number of fused-ring (bicyclic) bond motifs is 5. The molecule has 1 atom stereocenters. The smallest absolute Gasteiger partial charge is 0.0745 e. The Hall–Kier alpha value is -2.88. The molecule has 0 aliphatic carbocycles. The Morgan fingerprint density at radius 1 is 0.958 bits per heavy atom. The number of aliphatic imine (C=N–C) groups is 2. The summed E-state index contributed by atoms with van der Waals surface area (Å²) >= 11 is 0. The molecule has 4 heterocycles. The fraction of sp³-hybridized carbons (Fsp3) is 0.200. The van der Waals surface area contributed by atoms with E-state index in [4.69, 9.17) is 4.99 Å². The molecule has 0 saturated heterocycles. The lowest BCUT2D eigenvalue weighted by atomic mass is 10.2. The summed E-state index contributed by atoms with van der Waals surface area (Å²) in [5.74, 6) is 0. The van der Waals surface area contributed by atoms with E-state index in [1.165, 1.54) is 5.69 Å². The van der Waals surface area contributed by atoms with E-state index in [1.54, 1.807) is 0 Å². The molecule has 4 rings (SSSR count). The maximum absolute atomic E-state index is 4.77. The van der Waals surface area contributed by atoms with Gasteiger partial charge in [0.05, 0.1) is 11.8 Å². The summed E-state index contributed by atoms with van der Waals surface area (Å²) < 4.78 is 0. The molecule has 2 aromatic rings. The zero-order valence-electron chi connectivity index (χ0n) is 13.9. The first-order valence-electron chi connectivity index (χ1n) is 8.20. The molecule has 4 heteroatoms. The van der Waals surface area contributed by atoms with Gasteiger partial charge in [0, 0.05) is 39.9 Å². The van der Waals surface area contributed by atoms with E-state index in [0.29, 0.717) is 0 Å². The van der Waals surface area contributed by atoms with Crippen molar-refractivity contribution in [2.45, 2.75) is 26.3 Å². The molecule has 0 aromatic carbocycles. The van der Waals surface area contributed by atoms with E-state index in [-0.39, 0.29) is 6.04 Å². The van der Waals surface area contributed by atoms with Crippen molar-refractivity contribution in [3.63, 3.8) is 0 Å². The Balaban J connectivity index is 1.83. The summed E-state index contributed by atoms with van der Waals surface area (Å²) in [4.78, 5) is 16.3. The Kier molecular flexibility index (Phi) is 3.65. The number of aromatic nitrogens is 2. The van der Waals surface area contributed by atoms with Crippen LogP contribution in [0.4, 0.5) is 0 Å². The third-order valence-corrected chi connectivity index (χ3v) is 4.12. The predicted octanol–water partition coefficient (Wildman–Crippen LogP) is 2.36. The lowest BCUT2D eigenvalue weighted by Gasteiger charge is -2.02. The van der Waals surface area contributed by atoms with E-state index < -0.39 is 0 Å². The van der Waals surface area contributed by atoms with Crippen molar-refractivity contribution in [1.82, 2.24) is 9.97 Å². The number of aromatic amines is 2. The third kappa shape index (κ3) is 3.23. The molecule has 0 fully saturated rings. The van der Waals surface area contributed by atoms with Gasteiger partial charge in [0.25, 0.3) is 0 Å². The highest BCUT2D eigenvalue weighted by atomic mass is 14.8. The Bertz CT molecular complexity index is 1010. The summed E-state index contributed by atoms with van der Waals surface area (Å²) in [6.45, 7) is 4.03. The maximum atomic E-state index is 4.77. The van der Waals surface area contributed by atoms with Crippen LogP contribution in [0, 0.1) is 0 Å². The van der Waals surface area contributed by atoms with Gasteiger partial charge in [-0.1, -0.05) is 6.08 Å². The first-order chi connectivity index (χ1) is 11.6. The van der Waals surface area contributed by atoms with Gasteiger partial charge in [-0.3, -0.25) is 9.98 Å². The van der Waals surface area contributed by atoms with Crippen LogP contribution in [0.2, 0.25) is 0 Å². The fourth-order valence-electron chi connectivity index (χ4n) is 3.12. The zero-order valence-corrected chi connectivity index (χ0v) is 13.9. The van der Waals surface area contributed by atoms with Crippen LogP contribution in [0.5, 0.6) is 0 Å². The average molecular weight is 316 g/mol. The summed E-state index contributed by atoms with van der Waals surface area (Å²) in [6.07, 6.45) is 11.3. The molecule has 1 unspecified atom stereocenters. The summed E-state index contributed by atoms with van der Waals surface area (Å²) in [6, 6.07) is 8.55. The van der Waals surface area contributed by atoms with Gasteiger partial charge < -0.3 is 9.97 Å². The van der Waals surface area contributed by atoms with Crippen molar-refractivity contribution in [3.05, 3.63) is 64.2 Å². The number of hydrogen-bond acceptors (Lipinski definition) is 2. The van der Waals surface area contributed by atoms with Crippen LogP contribution in [0.25, 0.3) is 18.2 Å². The van der Waals surface area contributed by atoms with Crippen molar-refractivity contribution < 1.29 is 0 Å². The number of rotatable bonds is 0. The average Bonchev–Trinajstić information content (AvgIpc) is 3.22. The summed E-state index contributed by atoms with van der Waals surface area (Å²) in [5.41, 5.74) is 5.22. The van der Waals surface area contributed by atoms with Gasteiger partial charge in [-0.05, 0) is 62.4 Å². The predicted molar refractivity (Wildman–Crippen MR) is 101 cm³/mol. The van der Waals surface area contributed by atoms with Crippen molar-refractivity contribution >= 4 is 29.7 Å². The van der Waals surface area contributed by atoms with Crippen molar-refractivity contribution in [3.8, 4) is 0 Å². The van der Waals surface area contributed by atoms with Gasteiger partial charge in [-0.2, -0.15) is 0 Å². The van der Waals surface area contributed by atoms with Crippen LogP contribution in [0.3, 0.4) is 0 Å². The summed E-state index contributed by atoms with van der Waals surface area (Å²) in [5, 5.41) is 2.10. The molecule has 6 bridgehead atoms. The number of hydrogen-bond donors (Lipinski definition) is 2. The largest absolute Gasteiger partial charge is 0.359 e. The molecule has 0 saturated carbocycles. The molecule has 24 heavy (non-hydrogen) atoms. The van der Waals surface area contributed by atoms with E-state index in [0.717, 1.165) is 39.9 Å². The van der Waals surface area contributed by atoms with Gasteiger partial charge in [-0.25, -0.2) is 0 Å². The van der Waals surface area contributed by atoms with Gasteiger partial charge in [0.2, 0.25) is 0 Å². The second-order valence-electron chi connectivity index (χ2n) is 6.32. The molecule has 2 aromatic heterocycles. The molecule has 0 spiro atoms. The number of H-pyrrole nitrogens is 2. The molecular weight excluding hydrogens is 296 g/mol. The van der Waals surface area contributed by atoms with Gasteiger partial charge in [0.1, 0.15) is 0 Å². The van der Waals surface area contributed by atoms with Gasteiger partial charge in [-0.15, -0.1) is 0 Å². The third-order valence-electron chi connectivity index (χ3n) is 4.12. The zero-order chi connectivity index (χ0) is 16.5. The molecule has 2 aliphatic heterocycles. The maximum Gasteiger partial charge on any atom is 0.0745 e. The molecule has 2 aliphatic rings. The van der Waals surface area contributed by atoms with Crippen LogP contribution in [0.1, 0.15) is 25.2 Å². The SMILES string of the molecule is CC1=C\c2ccc([nH]2)CC2C=CC(=N2)/C=c2/cc\c([nH]2)=C/C(C)=N/1. The molecular formula is C20H20N4. The highest BCUT2D eigenvalue weighted by molar-refractivity contribution is 6.18. The standard InChI is InChI=1S/C20H20N4/c1-13-9-15-3-5-17(22-15)11-19-7-8-20(24-19)12-18-6-4-16(23-18)10-14(2)21-13/h3-11,20,22-23H,12H2,1-2H3/b14-10-,15-9+,17-11-,21-13+. The molecule has 120 valence electrons. The molecule has 2 N–H and O–H groups in total. The van der Waals surface area contributed by atoms with Crippen LogP contribution in [-0.2, 0) is 6.42 Å².